The van der Waals surface area contributed by atoms with Gasteiger partial charge in [0.25, 0.3) is 0 Å². The quantitative estimate of drug-likeness (QED) is 0.813. The van der Waals surface area contributed by atoms with Gasteiger partial charge in [-0.3, -0.25) is 0 Å². The van der Waals surface area contributed by atoms with Crippen LogP contribution in [0.15, 0.2) is 18.2 Å². The summed E-state index contributed by atoms with van der Waals surface area (Å²) in [6.45, 7) is 0. The maximum Gasteiger partial charge on any atom is 0.150 e. The Balaban J connectivity index is 2.06. The minimum absolute atomic E-state index is 0.0403. The van der Waals surface area contributed by atoms with Gasteiger partial charge in [-0.2, -0.15) is 0 Å². The van der Waals surface area contributed by atoms with E-state index in [-0.39, 0.29) is 23.4 Å². The van der Waals surface area contributed by atoms with Gasteiger partial charge in [-0.05, 0) is 31.0 Å². The molecule has 2 heterocycles. The standard InChI is InChI=1S/C14H16ClFN2O2S/c15-6-3-14-17-12-2-1-10(16)9-13(12)18(14)11-4-7-21(19,20)8-5-11/h1-2,9,11H,3-8H2. The van der Waals surface area contributed by atoms with Gasteiger partial charge in [-0.1, -0.05) is 0 Å². The van der Waals surface area contributed by atoms with Crippen LogP contribution >= 0.6 is 11.6 Å². The van der Waals surface area contributed by atoms with E-state index >= 15 is 0 Å². The van der Waals surface area contributed by atoms with Crippen LogP contribution in [0.1, 0.15) is 24.7 Å². The van der Waals surface area contributed by atoms with E-state index in [1.807, 2.05) is 4.57 Å². The van der Waals surface area contributed by atoms with E-state index < -0.39 is 9.84 Å². The van der Waals surface area contributed by atoms with Gasteiger partial charge >= 0.3 is 0 Å². The van der Waals surface area contributed by atoms with Gasteiger partial charge < -0.3 is 4.57 Å². The number of benzene rings is 1. The monoisotopic (exact) mass is 330 g/mol. The number of hydrogen-bond donors (Lipinski definition) is 0. The molecule has 0 atom stereocenters. The predicted molar refractivity (Wildman–Crippen MR) is 81.0 cm³/mol. The van der Waals surface area contributed by atoms with Crippen molar-refractivity contribution >= 4 is 32.5 Å². The summed E-state index contributed by atoms with van der Waals surface area (Å²) < 4.78 is 38.7. The molecular formula is C14H16ClFN2O2S. The summed E-state index contributed by atoms with van der Waals surface area (Å²) in [6.07, 6.45) is 1.67. The summed E-state index contributed by atoms with van der Waals surface area (Å²) in [5.74, 6) is 1.26. The van der Waals surface area contributed by atoms with Crippen LogP contribution in [0.5, 0.6) is 0 Å². The molecule has 1 fully saturated rings. The number of aryl methyl sites for hydroxylation is 1. The summed E-state index contributed by atoms with van der Waals surface area (Å²) in [5.41, 5.74) is 1.45. The van der Waals surface area contributed by atoms with Crippen molar-refractivity contribution in [3.63, 3.8) is 0 Å². The van der Waals surface area contributed by atoms with E-state index in [1.54, 1.807) is 6.07 Å². The first-order valence-electron chi connectivity index (χ1n) is 6.93. The maximum absolute atomic E-state index is 13.5. The molecule has 0 bridgehead atoms. The number of aromatic nitrogens is 2. The first-order valence-corrected chi connectivity index (χ1v) is 9.28. The maximum atomic E-state index is 13.5. The van der Waals surface area contributed by atoms with Crippen molar-refractivity contribution in [2.75, 3.05) is 17.4 Å². The number of fused-ring (bicyclic) bond motifs is 1. The second-order valence-corrected chi connectivity index (χ2v) is 8.03. The Morgan fingerprint density at radius 1 is 1.33 bits per heavy atom. The number of halogens is 2. The van der Waals surface area contributed by atoms with E-state index in [9.17, 15) is 12.8 Å². The number of imidazole rings is 1. The molecule has 1 aromatic heterocycles. The lowest BCUT2D eigenvalue weighted by Gasteiger charge is -2.25. The fraction of sp³-hybridized carbons (Fsp3) is 0.500. The zero-order valence-electron chi connectivity index (χ0n) is 11.4. The Bertz CT molecular complexity index is 759. The molecule has 1 aliphatic rings. The van der Waals surface area contributed by atoms with E-state index in [2.05, 4.69) is 4.98 Å². The van der Waals surface area contributed by atoms with Gasteiger partial charge in [0.1, 0.15) is 21.5 Å². The van der Waals surface area contributed by atoms with Crippen molar-refractivity contribution in [1.29, 1.82) is 0 Å². The van der Waals surface area contributed by atoms with Crippen LogP contribution in [0, 0.1) is 5.82 Å². The lowest BCUT2D eigenvalue weighted by molar-refractivity contribution is 0.447. The highest BCUT2D eigenvalue weighted by Crippen LogP contribution is 2.30. The van der Waals surface area contributed by atoms with Crippen molar-refractivity contribution in [3.8, 4) is 0 Å². The highest BCUT2D eigenvalue weighted by atomic mass is 35.5. The van der Waals surface area contributed by atoms with Gasteiger partial charge in [0, 0.05) is 18.3 Å². The van der Waals surface area contributed by atoms with Crippen LogP contribution in [-0.4, -0.2) is 35.4 Å². The summed E-state index contributed by atoms with van der Waals surface area (Å²) in [7, 11) is -2.93. The Morgan fingerprint density at radius 3 is 2.71 bits per heavy atom. The number of rotatable bonds is 3. The molecule has 1 aromatic carbocycles. The number of nitrogens with zero attached hydrogens (tertiary/aromatic N) is 2. The van der Waals surface area contributed by atoms with Crippen LogP contribution < -0.4 is 0 Å². The molecule has 0 amide bonds. The number of hydrogen-bond acceptors (Lipinski definition) is 3. The zero-order chi connectivity index (χ0) is 15.0. The van der Waals surface area contributed by atoms with E-state index in [0.29, 0.717) is 25.1 Å². The fourth-order valence-corrected chi connectivity index (χ4v) is 4.56. The largest absolute Gasteiger partial charge is 0.325 e. The first-order chi connectivity index (χ1) is 10.00. The van der Waals surface area contributed by atoms with Gasteiger partial charge in [0.05, 0.1) is 22.5 Å². The second-order valence-electron chi connectivity index (χ2n) is 5.35. The number of sulfone groups is 1. The average molecular weight is 331 g/mol. The highest BCUT2D eigenvalue weighted by molar-refractivity contribution is 7.91. The molecule has 21 heavy (non-hydrogen) atoms. The molecule has 2 aromatic rings. The van der Waals surface area contributed by atoms with Gasteiger partial charge in [0.15, 0.2) is 0 Å². The molecular weight excluding hydrogens is 315 g/mol. The lowest BCUT2D eigenvalue weighted by atomic mass is 10.1. The van der Waals surface area contributed by atoms with Crippen LogP contribution in [-0.2, 0) is 16.3 Å². The van der Waals surface area contributed by atoms with Crippen LogP contribution in [0.4, 0.5) is 4.39 Å². The molecule has 0 spiro atoms. The minimum atomic E-state index is -2.93. The van der Waals surface area contributed by atoms with E-state index in [1.165, 1.54) is 12.1 Å². The molecule has 114 valence electrons. The normalized spacial score (nSPS) is 19.1. The summed E-state index contributed by atoms with van der Waals surface area (Å²) >= 11 is 5.83. The minimum Gasteiger partial charge on any atom is -0.325 e. The molecule has 0 radical (unpaired) electrons. The Hall–Kier alpha value is -1.14. The summed E-state index contributed by atoms with van der Waals surface area (Å²) in [4.78, 5) is 4.52. The van der Waals surface area contributed by atoms with Gasteiger partial charge in [0.2, 0.25) is 0 Å². The Labute approximate surface area is 127 Å². The average Bonchev–Trinajstić information content (AvgIpc) is 2.77. The molecule has 0 aliphatic carbocycles. The smallest absolute Gasteiger partial charge is 0.150 e. The zero-order valence-corrected chi connectivity index (χ0v) is 13.0. The van der Waals surface area contributed by atoms with Gasteiger partial charge in [-0.15, -0.1) is 11.6 Å². The predicted octanol–water partition coefficient (Wildman–Crippen LogP) is 2.71. The third-order valence-corrected chi connectivity index (χ3v) is 5.84. The van der Waals surface area contributed by atoms with Crippen molar-refractivity contribution in [2.24, 2.45) is 0 Å². The molecule has 0 N–H and O–H groups in total. The summed E-state index contributed by atoms with van der Waals surface area (Å²) in [5, 5.41) is 0. The Morgan fingerprint density at radius 2 is 2.05 bits per heavy atom. The third-order valence-electron chi connectivity index (χ3n) is 3.93. The molecule has 1 saturated heterocycles. The third kappa shape index (κ3) is 2.92. The van der Waals surface area contributed by atoms with Gasteiger partial charge in [-0.25, -0.2) is 17.8 Å². The fourth-order valence-electron chi connectivity index (χ4n) is 2.92. The number of alkyl halides is 1. The van der Waals surface area contributed by atoms with Crippen molar-refractivity contribution in [1.82, 2.24) is 9.55 Å². The Kier molecular flexibility index (Phi) is 3.92. The van der Waals surface area contributed by atoms with Crippen LogP contribution in [0.2, 0.25) is 0 Å². The summed E-state index contributed by atoms with van der Waals surface area (Å²) in [6, 6.07) is 4.54. The highest BCUT2D eigenvalue weighted by Gasteiger charge is 2.27. The van der Waals surface area contributed by atoms with E-state index in [4.69, 9.17) is 11.6 Å². The topological polar surface area (TPSA) is 52.0 Å². The van der Waals surface area contributed by atoms with Crippen molar-refractivity contribution in [3.05, 3.63) is 29.8 Å². The van der Waals surface area contributed by atoms with Crippen molar-refractivity contribution in [2.45, 2.75) is 25.3 Å². The van der Waals surface area contributed by atoms with Crippen LogP contribution in [0.25, 0.3) is 11.0 Å². The molecule has 7 heteroatoms. The molecule has 1 aliphatic heterocycles. The molecule has 0 saturated carbocycles. The molecule has 0 unspecified atom stereocenters. The van der Waals surface area contributed by atoms with Crippen LogP contribution in [0.3, 0.4) is 0 Å². The van der Waals surface area contributed by atoms with E-state index in [0.717, 1.165) is 16.9 Å². The lowest BCUT2D eigenvalue weighted by Crippen LogP contribution is -2.26. The molecule has 3 rings (SSSR count). The SMILES string of the molecule is O=S1(=O)CCC(n2c(CCCl)nc3ccc(F)cc32)CC1. The molecule has 4 nitrogen and oxygen atoms in total. The first kappa shape index (κ1) is 14.8. The van der Waals surface area contributed by atoms with Crippen molar-refractivity contribution < 1.29 is 12.8 Å². The second kappa shape index (κ2) is 5.57.